The Hall–Kier alpha value is -2.61. The number of nitrogens with two attached hydrogens (primary N) is 1. The van der Waals surface area contributed by atoms with Crippen LogP contribution in [0.2, 0.25) is 0 Å². The van der Waals surface area contributed by atoms with E-state index in [0.29, 0.717) is 18.1 Å². The molecule has 7 heteroatoms. The van der Waals surface area contributed by atoms with Gasteiger partial charge in [0.05, 0.1) is 24.2 Å². The minimum Gasteiger partial charge on any atom is -0.396 e. The number of hydrogen-bond donors (Lipinski definition) is 2. The topological polar surface area (TPSA) is 80.2 Å². The highest BCUT2D eigenvalue weighted by Gasteiger charge is 2.18. The summed E-state index contributed by atoms with van der Waals surface area (Å²) in [4.78, 5) is 11.9. The fourth-order valence-corrected chi connectivity index (χ4v) is 5.10. The molecule has 6 nitrogen and oxygen atoms in total. The Morgan fingerprint density at radius 2 is 1.65 bits per heavy atom. The fourth-order valence-electron chi connectivity index (χ4n) is 4.36. The maximum atomic E-state index is 9.36. The number of aliphatic hydroxyl groups excluding tert-OH is 1. The van der Waals surface area contributed by atoms with Crippen molar-refractivity contribution in [2.45, 2.75) is 31.1 Å². The van der Waals surface area contributed by atoms with Crippen molar-refractivity contribution in [2.24, 2.45) is 0 Å². The summed E-state index contributed by atoms with van der Waals surface area (Å²) >= 11 is 1.55. The molecular formula is C24H27N5OS. The van der Waals surface area contributed by atoms with Crippen molar-refractivity contribution in [1.82, 2.24) is 19.4 Å². The lowest BCUT2D eigenvalue weighted by Gasteiger charge is -2.15. The van der Waals surface area contributed by atoms with Crippen LogP contribution < -0.4 is 5.73 Å². The molecule has 2 aromatic carbocycles. The fraction of sp³-hybridized carbons (Fsp3) is 0.333. The van der Waals surface area contributed by atoms with Crippen LogP contribution in [0.3, 0.4) is 0 Å². The van der Waals surface area contributed by atoms with Gasteiger partial charge < -0.3 is 15.4 Å². The first-order valence-electron chi connectivity index (χ1n) is 10.8. The normalized spacial score (nSPS) is 14.7. The van der Waals surface area contributed by atoms with Gasteiger partial charge in [0.25, 0.3) is 0 Å². The molecule has 3 heterocycles. The van der Waals surface area contributed by atoms with Crippen LogP contribution in [0.25, 0.3) is 21.9 Å². The largest absolute Gasteiger partial charge is 0.396 e. The lowest BCUT2D eigenvalue weighted by Crippen LogP contribution is -2.18. The number of nitrogens with zero attached hydrogens (tertiary/aromatic N) is 4. The van der Waals surface area contributed by atoms with Gasteiger partial charge in [0, 0.05) is 17.7 Å². The molecule has 0 bridgehead atoms. The second kappa shape index (κ2) is 8.86. The molecule has 1 aliphatic rings. The average molecular weight is 434 g/mol. The summed E-state index contributed by atoms with van der Waals surface area (Å²) < 4.78 is 2.21. The van der Waals surface area contributed by atoms with E-state index in [9.17, 15) is 5.11 Å². The molecule has 2 aromatic heterocycles. The van der Waals surface area contributed by atoms with E-state index in [1.54, 1.807) is 11.8 Å². The molecule has 4 aromatic rings. The summed E-state index contributed by atoms with van der Waals surface area (Å²) in [7, 11) is 0. The molecule has 31 heavy (non-hydrogen) atoms. The highest BCUT2D eigenvalue weighted by molar-refractivity contribution is 7.99. The molecule has 0 unspecified atom stereocenters. The van der Waals surface area contributed by atoms with E-state index in [1.807, 2.05) is 18.2 Å². The van der Waals surface area contributed by atoms with Crippen molar-refractivity contribution in [2.75, 3.05) is 31.2 Å². The lowest BCUT2D eigenvalue weighted by molar-refractivity contribution is 0.322. The summed E-state index contributed by atoms with van der Waals surface area (Å²) in [5.74, 6) is 1.03. The maximum Gasteiger partial charge on any atom is 0.169 e. The summed E-state index contributed by atoms with van der Waals surface area (Å²) in [6, 6.07) is 16.9. The quantitative estimate of drug-likeness (QED) is 0.431. The van der Waals surface area contributed by atoms with Gasteiger partial charge in [0.2, 0.25) is 0 Å². The number of hydrogen-bond acceptors (Lipinski definition) is 6. The van der Waals surface area contributed by atoms with E-state index < -0.39 is 0 Å². The zero-order valence-electron chi connectivity index (χ0n) is 17.5. The molecule has 0 saturated carbocycles. The number of rotatable bonds is 7. The standard InChI is InChI=1S/C24H27N5OS/c25-23-21-22(19-5-1-2-6-20(19)26-23)29(24(27-21)31-14-13-30)16-18-9-7-17(8-10-18)15-28-11-3-4-12-28/h1-2,5-10,30H,3-4,11-16H2,(H2,25,26). The van der Waals surface area contributed by atoms with Crippen LogP contribution in [-0.2, 0) is 13.1 Å². The first-order valence-corrected chi connectivity index (χ1v) is 11.8. The molecule has 0 atom stereocenters. The molecule has 0 spiro atoms. The molecule has 0 aliphatic carbocycles. The van der Waals surface area contributed by atoms with Crippen LogP contribution in [0.4, 0.5) is 5.82 Å². The number of imidazole rings is 1. The Kier molecular flexibility index (Phi) is 5.80. The summed E-state index contributed by atoms with van der Waals surface area (Å²) in [6.07, 6.45) is 2.62. The predicted octanol–water partition coefficient (Wildman–Crippen LogP) is 3.90. The smallest absolute Gasteiger partial charge is 0.169 e. The molecule has 0 radical (unpaired) electrons. The Morgan fingerprint density at radius 1 is 0.935 bits per heavy atom. The number of benzene rings is 2. The van der Waals surface area contributed by atoms with E-state index in [-0.39, 0.29) is 6.61 Å². The average Bonchev–Trinajstić information content (AvgIpc) is 3.42. The predicted molar refractivity (Wildman–Crippen MR) is 127 cm³/mol. The van der Waals surface area contributed by atoms with Gasteiger partial charge in [-0.1, -0.05) is 54.2 Å². The molecule has 160 valence electrons. The van der Waals surface area contributed by atoms with Gasteiger partial charge in [-0.05, 0) is 43.1 Å². The number of nitrogen functional groups attached to an aromatic ring is 1. The number of aliphatic hydroxyl groups is 1. The Morgan fingerprint density at radius 3 is 2.39 bits per heavy atom. The second-order valence-corrected chi connectivity index (χ2v) is 9.13. The zero-order chi connectivity index (χ0) is 21.2. The lowest BCUT2D eigenvalue weighted by atomic mass is 10.1. The van der Waals surface area contributed by atoms with Crippen LogP contribution >= 0.6 is 11.8 Å². The minimum absolute atomic E-state index is 0.105. The molecular weight excluding hydrogens is 406 g/mol. The third kappa shape index (κ3) is 4.13. The van der Waals surface area contributed by atoms with E-state index >= 15 is 0 Å². The van der Waals surface area contributed by atoms with Gasteiger partial charge in [0.15, 0.2) is 11.0 Å². The van der Waals surface area contributed by atoms with Crippen molar-refractivity contribution in [3.8, 4) is 0 Å². The van der Waals surface area contributed by atoms with E-state index in [1.165, 1.54) is 37.1 Å². The molecule has 0 amide bonds. The van der Waals surface area contributed by atoms with Crippen molar-refractivity contribution < 1.29 is 5.11 Å². The van der Waals surface area contributed by atoms with E-state index in [4.69, 9.17) is 10.7 Å². The van der Waals surface area contributed by atoms with Crippen LogP contribution in [0.1, 0.15) is 24.0 Å². The number of anilines is 1. The number of thioether (sulfide) groups is 1. The SMILES string of the molecule is Nc1nc2ccccc2c2c1nc(SCCO)n2Cc1ccc(CN2CCCC2)cc1. The number of aromatic nitrogens is 3. The molecule has 1 saturated heterocycles. The molecule has 3 N–H and O–H groups in total. The third-order valence-electron chi connectivity index (χ3n) is 5.87. The number of likely N-dealkylation sites (tertiary alicyclic amines) is 1. The number of fused-ring (bicyclic) bond motifs is 3. The van der Waals surface area contributed by atoms with Gasteiger partial charge in [0.1, 0.15) is 5.52 Å². The number of pyridine rings is 1. The van der Waals surface area contributed by atoms with Gasteiger partial charge in [-0.2, -0.15) is 0 Å². The van der Waals surface area contributed by atoms with Crippen LogP contribution in [0, 0.1) is 0 Å². The van der Waals surface area contributed by atoms with Crippen molar-refractivity contribution in [3.63, 3.8) is 0 Å². The van der Waals surface area contributed by atoms with Gasteiger partial charge in [-0.15, -0.1) is 0 Å². The van der Waals surface area contributed by atoms with E-state index in [2.05, 4.69) is 44.8 Å². The molecule has 1 fully saturated rings. The van der Waals surface area contributed by atoms with Crippen LogP contribution in [-0.4, -0.2) is 50.0 Å². The maximum absolute atomic E-state index is 9.36. The zero-order valence-corrected chi connectivity index (χ0v) is 18.3. The van der Waals surface area contributed by atoms with Gasteiger partial charge in [-0.3, -0.25) is 4.90 Å². The van der Waals surface area contributed by atoms with Crippen LogP contribution in [0.5, 0.6) is 0 Å². The molecule has 1 aliphatic heterocycles. The second-order valence-electron chi connectivity index (χ2n) is 8.06. The summed E-state index contributed by atoms with van der Waals surface area (Å²) in [6.45, 7) is 4.24. The highest BCUT2D eigenvalue weighted by atomic mass is 32.2. The summed E-state index contributed by atoms with van der Waals surface area (Å²) in [5, 5.41) is 11.3. The minimum atomic E-state index is 0.105. The Labute approximate surface area is 186 Å². The van der Waals surface area contributed by atoms with Crippen LogP contribution in [0.15, 0.2) is 53.7 Å². The molecule has 5 rings (SSSR count). The Balaban J connectivity index is 1.53. The first-order chi connectivity index (χ1) is 15.2. The van der Waals surface area contributed by atoms with E-state index in [0.717, 1.165) is 33.6 Å². The van der Waals surface area contributed by atoms with Crippen molar-refractivity contribution >= 4 is 39.5 Å². The van der Waals surface area contributed by atoms with Gasteiger partial charge in [-0.25, -0.2) is 9.97 Å². The van der Waals surface area contributed by atoms with Gasteiger partial charge >= 0.3 is 0 Å². The third-order valence-corrected chi connectivity index (χ3v) is 6.82. The first kappa shape index (κ1) is 20.3. The highest BCUT2D eigenvalue weighted by Crippen LogP contribution is 2.32. The van der Waals surface area contributed by atoms with Crippen molar-refractivity contribution in [1.29, 1.82) is 0 Å². The Bertz CT molecular complexity index is 1200. The number of para-hydroxylation sites is 1. The monoisotopic (exact) mass is 433 g/mol. The summed E-state index contributed by atoms with van der Waals surface area (Å²) in [5.41, 5.74) is 11.4. The van der Waals surface area contributed by atoms with Crippen molar-refractivity contribution in [3.05, 3.63) is 59.7 Å².